The Bertz CT molecular complexity index is 791. The zero-order valence-corrected chi connectivity index (χ0v) is 11.5. The fourth-order valence-electron chi connectivity index (χ4n) is 2.43. The van der Waals surface area contributed by atoms with Crippen LogP contribution < -0.4 is 0 Å². The molecule has 2 aromatic heterocycles. The fourth-order valence-corrected chi connectivity index (χ4v) is 2.62. The van der Waals surface area contributed by atoms with Crippen LogP contribution in [0.15, 0.2) is 42.6 Å². The molecule has 1 aliphatic rings. The van der Waals surface area contributed by atoms with Crippen molar-refractivity contribution in [2.75, 3.05) is 0 Å². The van der Waals surface area contributed by atoms with Crippen LogP contribution in [0, 0.1) is 0 Å². The highest BCUT2D eigenvalue weighted by Gasteiger charge is 2.26. The molecular formula is C16H12ClN3. The molecular weight excluding hydrogens is 270 g/mol. The Morgan fingerprint density at radius 1 is 1.05 bits per heavy atom. The highest BCUT2D eigenvalue weighted by atomic mass is 35.5. The molecule has 4 heteroatoms. The van der Waals surface area contributed by atoms with Gasteiger partial charge in [0.15, 0.2) is 5.82 Å². The summed E-state index contributed by atoms with van der Waals surface area (Å²) in [6.07, 6.45) is 4.17. The molecule has 1 aromatic carbocycles. The lowest BCUT2D eigenvalue weighted by Gasteiger charge is -2.06. The van der Waals surface area contributed by atoms with Gasteiger partial charge in [-0.3, -0.25) is 4.98 Å². The Hall–Kier alpha value is -2.00. The van der Waals surface area contributed by atoms with E-state index < -0.39 is 0 Å². The number of benzene rings is 1. The molecule has 20 heavy (non-hydrogen) atoms. The van der Waals surface area contributed by atoms with Crippen molar-refractivity contribution in [3.63, 3.8) is 0 Å². The van der Waals surface area contributed by atoms with Gasteiger partial charge in [-0.25, -0.2) is 9.97 Å². The lowest BCUT2D eigenvalue weighted by Crippen LogP contribution is -1.97. The topological polar surface area (TPSA) is 38.7 Å². The Labute approximate surface area is 121 Å². The molecule has 3 aromatic rings. The van der Waals surface area contributed by atoms with Gasteiger partial charge in [0.25, 0.3) is 0 Å². The van der Waals surface area contributed by atoms with Gasteiger partial charge in [0.1, 0.15) is 10.8 Å². The predicted octanol–water partition coefficient (Wildman–Crippen LogP) is 4.22. The summed E-state index contributed by atoms with van der Waals surface area (Å²) in [7, 11) is 0. The quantitative estimate of drug-likeness (QED) is 0.660. The van der Waals surface area contributed by atoms with E-state index >= 15 is 0 Å². The van der Waals surface area contributed by atoms with E-state index in [2.05, 4.69) is 21.0 Å². The van der Waals surface area contributed by atoms with Crippen LogP contribution in [0.3, 0.4) is 0 Å². The number of pyridine rings is 1. The van der Waals surface area contributed by atoms with Crippen molar-refractivity contribution in [3.8, 4) is 11.5 Å². The minimum Gasteiger partial charge on any atom is -0.252 e. The predicted molar refractivity (Wildman–Crippen MR) is 79.8 cm³/mol. The van der Waals surface area contributed by atoms with E-state index in [-0.39, 0.29) is 0 Å². The van der Waals surface area contributed by atoms with Gasteiger partial charge >= 0.3 is 0 Å². The lowest BCUT2D eigenvalue weighted by atomic mass is 10.1. The normalized spacial score (nSPS) is 14.7. The molecule has 0 spiro atoms. The van der Waals surface area contributed by atoms with Gasteiger partial charge in [0, 0.05) is 23.2 Å². The zero-order chi connectivity index (χ0) is 13.5. The van der Waals surface area contributed by atoms with E-state index in [0.717, 1.165) is 22.2 Å². The summed E-state index contributed by atoms with van der Waals surface area (Å²) in [6, 6.07) is 12.0. The van der Waals surface area contributed by atoms with E-state index in [1.807, 2.05) is 30.3 Å². The van der Waals surface area contributed by atoms with E-state index in [1.165, 1.54) is 12.8 Å². The highest BCUT2D eigenvalue weighted by Crippen LogP contribution is 2.40. The van der Waals surface area contributed by atoms with Crippen LogP contribution in [0.25, 0.3) is 22.3 Å². The average Bonchev–Trinajstić information content (AvgIpc) is 3.30. The smallest absolute Gasteiger partial charge is 0.180 e. The van der Waals surface area contributed by atoms with E-state index in [1.54, 1.807) is 6.20 Å². The molecule has 0 bridgehead atoms. The van der Waals surface area contributed by atoms with E-state index in [0.29, 0.717) is 16.9 Å². The van der Waals surface area contributed by atoms with Crippen LogP contribution >= 0.6 is 11.6 Å². The molecule has 0 unspecified atom stereocenters. The van der Waals surface area contributed by atoms with Crippen molar-refractivity contribution >= 4 is 22.4 Å². The molecule has 3 nitrogen and oxygen atoms in total. The number of rotatable bonds is 2. The van der Waals surface area contributed by atoms with Crippen LogP contribution in [-0.2, 0) is 0 Å². The van der Waals surface area contributed by atoms with Crippen molar-refractivity contribution in [2.45, 2.75) is 18.8 Å². The van der Waals surface area contributed by atoms with E-state index in [9.17, 15) is 0 Å². The molecule has 0 amide bonds. The van der Waals surface area contributed by atoms with Crippen molar-refractivity contribution in [3.05, 3.63) is 53.4 Å². The largest absolute Gasteiger partial charge is 0.252 e. The fraction of sp³-hybridized carbons (Fsp3) is 0.188. The Morgan fingerprint density at radius 3 is 2.75 bits per heavy atom. The third-order valence-electron chi connectivity index (χ3n) is 3.60. The molecule has 1 fully saturated rings. The molecule has 0 aliphatic heterocycles. The number of halogens is 1. The molecule has 4 rings (SSSR count). The Balaban J connectivity index is 1.94. The van der Waals surface area contributed by atoms with Gasteiger partial charge in [-0.15, -0.1) is 0 Å². The molecule has 1 aliphatic carbocycles. The lowest BCUT2D eigenvalue weighted by molar-refractivity contribution is 0.989. The number of hydrogen-bond acceptors (Lipinski definition) is 3. The number of hydrogen-bond donors (Lipinski definition) is 0. The van der Waals surface area contributed by atoms with E-state index in [4.69, 9.17) is 11.6 Å². The maximum absolute atomic E-state index is 6.14. The summed E-state index contributed by atoms with van der Waals surface area (Å²) in [5, 5.41) is 2.68. The summed E-state index contributed by atoms with van der Waals surface area (Å²) >= 11 is 6.14. The summed E-state index contributed by atoms with van der Waals surface area (Å²) in [5.41, 5.74) is 1.84. The average molecular weight is 282 g/mol. The minimum atomic E-state index is 0.492. The van der Waals surface area contributed by atoms with Gasteiger partial charge in [0.2, 0.25) is 0 Å². The van der Waals surface area contributed by atoms with Gasteiger partial charge in [-0.2, -0.15) is 0 Å². The summed E-state index contributed by atoms with van der Waals surface area (Å²) in [6.45, 7) is 0. The molecule has 0 atom stereocenters. The first kappa shape index (κ1) is 11.8. The summed E-state index contributed by atoms with van der Waals surface area (Å²) in [4.78, 5) is 13.5. The number of aromatic nitrogens is 3. The molecule has 0 saturated heterocycles. The third-order valence-corrected chi connectivity index (χ3v) is 3.79. The third kappa shape index (κ3) is 2.04. The van der Waals surface area contributed by atoms with Crippen molar-refractivity contribution in [2.24, 2.45) is 0 Å². The zero-order valence-electron chi connectivity index (χ0n) is 10.8. The second kappa shape index (κ2) is 4.53. The first-order valence-corrected chi connectivity index (χ1v) is 7.08. The number of nitrogens with zero attached hydrogens (tertiary/aromatic N) is 3. The molecule has 1 saturated carbocycles. The molecule has 0 N–H and O–H groups in total. The molecule has 0 radical (unpaired) electrons. The summed E-state index contributed by atoms with van der Waals surface area (Å²) < 4.78 is 0. The second-order valence-electron chi connectivity index (χ2n) is 5.09. The molecule has 98 valence electrons. The van der Waals surface area contributed by atoms with Gasteiger partial charge in [-0.1, -0.05) is 35.9 Å². The van der Waals surface area contributed by atoms with Crippen LogP contribution in [-0.4, -0.2) is 15.0 Å². The highest BCUT2D eigenvalue weighted by molar-refractivity contribution is 6.29. The molecule has 2 heterocycles. The van der Waals surface area contributed by atoms with Gasteiger partial charge < -0.3 is 0 Å². The van der Waals surface area contributed by atoms with Crippen LogP contribution in [0.5, 0.6) is 0 Å². The van der Waals surface area contributed by atoms with Crippen molar-refractivity contribution in [1.82, 2.24) is 15.0 Å². The maximum atomic E-state index is 6.14. The van der Waals surface area contributed by atoms with Crippen LogP contribution in [0.2, 0.25) is 5.15 Å². The van der Waals surface area contributed by atoms with Crippen LogP contribution in [0.1, 0.15) is 24.5 Å². The Morgan fingerprint density at radius 2 is 1.90 bits per heavy atom. The monoisotopic (exact) mass is 281 g/mol. The minimum absolute atomic E-state index is 0.492. The maximum Gasteiger partial charge on any atom is 0.180 e. The van der Waals surface area contributed by atoms with Gasteiger partial charge in [-0.05, 0) is 30.4 Å². The first-order valence-electron chi connectivity index (χ1n) is 6.70. The van der Waals surface area contributed by atoms with Crippen LogP contribution in [0.4, 0.5) is 0 Å². The standard InChI is InChI=1S/C16H12ClN3/c17-14-9-13(11-5-6-11)19-16(20-14)15-12-4-2-1-3-10(12)7-8-18-15/h1-4,7-9,11H,5-6H2. The van der Waals surface area contributed by atoms with Crippen molar-refractivity contribution < 1.29 is 0 Å². The van der Waals surface area contributed by atoms with Crippen molar-refractivity contribution in [1.29, 1.82) is 0 Å². The first-order chi connectivity index (χ1) is 9.81. The van der Waals surface area contributed by atoms with Gasteiger partial charge in [0.05, 0.1) is 0 Å². The summed E-state index contributed by atoms with van der Waals surface area (Å²) in [5.74, 6) is 1.17. The number of fused-ring (bicyclic) bond motifs is 1. The Kier molecular flexibility index (Phi) is 2.67. The second-order valence-corrected chi connectivity index (χ2v) is 5.48. The SMILES string of the molecule is Clc1cc(C2CC2)nc(-c2nccc3ccccc23)n1.